The van der Waals surface area contributed by atoms with E-state index in [4.69, 9.17) is 33.8 Å². The van der Waals surface area contributed by atoms with Crippen LogP contribution in [-0.4, -0.2) is 77.4 Å². The van der Waals surface area contributed by atoms with Crippen molar-refractivity contribution in [2.45, 2.75) is 160 Å². The second-order valence-electron chi connectivity index (χ2n) is 17.0. The maximum absolute atomic E-state index is 14.0. The molecule has 4 saturated carbocycles. The van der Waals surface area contributed by atoms with Crippen LogP contribution in [-0.2, 0) is 18.9 Å². The molecule has 10 rings (SSSR count). The number of ether oxygens (including phenoxy) is 5. The van der Waals surface area contributed by atoms with Crippen molar-refractivity contribution in [3.63, 3.8) is 0 Å². The number of hydrogen-bond donors (Lipinski definition) is 3. The highest BCUT2D eigenvalue weighted by molar-refractivity contribution is 5.92. The first kappa shape index (κ1) is 42.5. The van der Waals surface area contributed by atoms with Gasteiger partial charge < -0.3 is 39.4 Å². The molecule has 58 heavy (non-hydrogen) atoms. The summed E-state index contributed by atoms with van der Waals surface area (Å²) in [7, 11) is 0. The summed E-state index contributed by atoms with van der Waals surface area (Å²) in [6.07, 6.45) is 21.3. The van der Waals surface area contributed by atoms with Crippen LogP contribution in [0.25, 0.3) is 21.5 Å². The molecule has 10 nitrogen and oxygen atoms in total. The first-order valence-corrected chi connectivity index (χ1v) is 21.6. The highest BCUT2D eigenvalue weighted by Gasteiger charge is 2.41. The number of rotatable bonds is 6. The monoisotopic (exact) mass is 800 g/mol. The van der Waals surface area contributed by atoms with Gasteiger partial charge in [-0.3, -0.25) is 0 Å². The van der Waals surface area contributed by atoms with Crippen molar-refractivity contribution in [3.8, 4) is 5.75 Å². The first-order chi connectivity index (χ1) is 27.8. The van der Waals surface area contributed by atoms with Gasteiger partial charge in [-0.05, 0) is 113 Å². The Labute approximate surface area is 343 Å². The lowest BCUT2D eigenvalue weighted by atomic mass is 9.90. The Kier molecular flexibility index (Phi) is 14.1. The Morgan fingerprint density at radius 3 is 1.55 bits per heavy atom. The fourth-order valence-electron chi connectivity index (χ4n) is 9.44. The molecule has 2 aliphatic heterocycles. The maximum Gasteiger partial charge on any atom is 0.168 e. The van der Waals surface area contributed by atoms with Crippen molar-refractivity contribution in [2.75, 3.05) is 37.1 Å². The predicted octanol–water partition coefficient (Wildman–Crippen LogP) is 10.3. The minimum Gasteiger partial charge on any atom is -0.490 e. The molecule has 2 spiro atoms. The van der Waals surface area contributed by atoms with E-state index >= 15 is 0 Å². The number of nitrogens with one attached hydrogen (secondary N) is 2. The van der Waals surface area contributed by atoms with Crippen LogP contribution >= 0.6 is 0 Å². The summed E-state index contributed by atoms with van der Waals surface area (Å²) in [5, 5.41) is 19.6. The van der Waals surface area contributed by atoms with Gasteiger partial charge in [0.05, 0.1) is 38.6 Å². The SMILES string of the molecule is C.Cc1ccc(F)c2cc(NC3CCC4(CC3)OCCO4)ncc12.Cc1ccc(OC2CCCC2)c2cc(NC3CCC4(CC3)OCCO4)ncc12.OC1CCCC1. The molecule has 2 aromatic carbocycles. The lowest BCUT2D eigenvalue weighted by Crippen LogP contribution is -2.39. The number of fused-ring (bicyclic) bond motifs is 2. The first-order valence-electron chi connectivity index (χ1n) is 21.6. The van der Waals surface area contributed by atoms with Gasteiger partial charge in [-0.2, -0.15) is 0 Å². The number of benzene rings is 2. The molecular weight excluding hydrogens is 736 g/mol. The standard InChI is InChI=1S/C23H30N2O3.C18H21FN2O2.C5H10O.CH4/c1-16-6-7-21(28-18-4-2-3-5-18)19-14-22(24-15-20(16)19)25-17-8-10-23(11-9-17)26-12-13-27-23;1-12-2-3-16(19)14-10-17(20-11-15(12)14)21-13-4-6-18(7-5-13)22-8-9-23-18;6-5-3-1-2-4-5;/h6-7,14-15,17-18H,2-5,8-13H2,1H3,(H,24,25);2-3,10-11,13H,4-9H2,1H3,(H,20,21);5-6H,1-4H2;1H4. The summed E-state index contributed by atoms with van der Waals surface area (Å²) in [4.78, 5) is 9.15. The van der Waals surface area contributed by atoms with Gasteiger partial charge in [-0.25, -0.2) is 14.4 Å². The second kappa shape index (κ2) is 19.2. The topological polar surface area (TPSA) is 116 Å². The fraction of sp³-hybridized carbons (Fsp3) is 0.617. The van der Waals surface area contributed by atoms with Crippen molar-refractivity contribution in [3.05, 3.63) is 65.7 Å². The highest BCUT2D eigenvalue weighted by atomic mass is 19.1. The number of aliphatic hydroxyl groups is 1. The van der Waals surface area contributed by atoms with Gasteiger partial charge >= 0.3 is 0 Å². The van der Waals surface area contributed by atoms with E-state index in [-0.39, 0.29) is 30.9 Å². The van der Waals surface area contributed by atoms with Crippen LogP contribution in [0.15, 0.2) is 48.8 Å². The Balaban J connectivity index is 0.000000154. The summed E-state index contributed by atoms with van der Waals surface area (Å²) >= 11 is 0. The number of nitrogens with zero attached hydrogens (tertiary/aromatic N) is 2. The van der Waals surface area contributed by atoms with E-state index in [0.717, 1.165) is 106 Å². The zero-order valence-electron chi connectivity index (χ0n) is 33.8. The van der Waals surface area contributed by atoms with E-state index in [0.29, 0.717) is 36.8 Å². The van der Waals surface area contributed by atoms with Crippen molar-refractivity contribution in [1.29, 1.82) is 0 Å². The number of pyridine rings is 2. The van der Waals surface area contributed by atoms with Crippen LogP contribution in [0.3, 0.4) is 0 Å². The largest absolute Gasteiger partial charge is 0.490 e. The van der Waals surface area contributed by atoms with Gasteiger partial charge in [0.2, 0.25) is 0 Å². The van der Waals surface area contributed by atoms with Crippen LogP contribution in [0.4, 0.5) is 16.0 Å². The fourth-order valence-corrected chi connectivity index (χ4v) is 9.44. The number of hydrogen-bond acceptors (Lipinski definition) is 10. The second-order valence-corrected chi connectivity index (χ2v) is 17.0. The van der Waals surface area contributed by atoms with Gasteiger partial charge in [0.15, 0.2) is 11.6 Å². The molecule has 3 N–H and O–H groups in total. The molecule has 0 atom stereocenters. The third kappa shape index (κ3) is 10.2. The molecule has 4 heterocycles. The Hall–Kier alpha value is -3.61. The van der Waals surface area contributed by atoms with E-state index in [2.05, 4.69) is 40.7 Å². The molecule has 0 radical (unpaired) electrons. The lowest BCUT2D eigenvalue weighted by molar-refractivity contribution is -0.178. The summed E-state index contributed by atoms with van der Waals surface area (Å²) < 4.78 is 43.6. The molecule has 0 unspecified atom stereocenters. The molecule has 4 aromatic rings. The van der Waals surface area contributed by atoms with Crippen LogP contribution in [0.2, 0.25) is 0 Å². The Bertz CT molecular complexity index is 1940. The van der Waals surface area contributed by atoms with Crippen LogP contribution in [0, 0.1) is 19.7 Å². The van der Waals surface area contributed by atoms with Gasteiger partial charge in [0.25, 0.3) is 0 Å². The average Bonchev–Trinajstić information content (AvgIpc) is 4.08. The number of aryl methyl sites for hydroxylation is 2. The lowest BCUT2D eigenvalue weighted by Gasteiger charge is -2.35. The molecule has 6 fully saturated rings. The molecule has 2 aromatic heterocycles. The van der Waals surface area contributed by atoms with E-state index in [9.17, 15) is 4.39 Å². The van der Waals surface area contributed by atoms with Crippen LogP contribution < -0.4 is 15.4 Å². The minimum absolute atomic E-state index is 0. The molecule has 316 valence electrons. The van der Waals surface area contributed by atoms with Gasteiger partial charge in [-0.15, -0.1) is 0 Å². The number of aromatic nitrogens is 2. The summed E-state index contributed by atoms with van der Waals surface area (Å²) in [5.74, 6) is 1.80. The molecule has 6 aliphatic rings. The maximum atomic E-state index is 14.0. The number of halogens is 1. The highest BCUT2D eigenvalue weighted by Crippen LogP contribution is 2.39. The normalized spacial score (nSPS) is 23.0. The molecule has 11 heteroatoms. The van der Waals surface area contributed by atoms with Gasteiger partial charge in [-0.1, -0.05) is 32.4 Å². The average molecular weight is 801 g/mol. The summed E-state index contributed by atoms with van der Waals surface area (Å²) in [5.41, 5.74) is 2.28. The molecule has 2 saturated heterocycles. The van der Waals surface area contributed by atoms with Crippen LogP contribution in [0.5, 0.6) is 5.75 Å². The predicted molar refractivity (Wildman–Crippen MR) is 228 cm³/mol. The Morgan fingerprint density at radius 1 is 0.621 bits per heavy atom. The zero-order chi connectivity index (χ0) is 39.2. The smallest absolute Gasteiger partial charge is 0.168 e. The van der Waals surface area contributed by atoms with Crippen LogP contribution in [0.1, 0.15) is 121 Å². The van der Waals surface area contributed by atoms with E-state index < -0.39 is 0 Å². The molecule has 0 amide bonds. The van der Waals surface area contributed by atoms with Crippen molar-refractivity contribution in [1.82, 2.24) is 9.97 Å². The number of aliphatic hydroxyl groups excluding tert-OH is 1. The summed E-state index contributed by atoms with van der Waals surface area (Å²) in [6, 6.07) is 12.3. The minimum atomic E-state index is -0.349. The van der Waals surface area contributed by atoms with E-state index in [1.807, 2.05) is 19.2 Å². The van der Waals surface area contributed by atoms with Crippen molar-refractivity contribution < 1.29 is 33.2 Å². The molecular formula is C47H65FN4O6. The number of anilines is 2. The molecule has 0 bridgehead atoms. The van der Waals surface area contributed by atoms with Gasteiger partial charge in [0.1, 0.15) is 23.2 Å². The van der Waals surface area contributed by atoms with E-state index in [1.54, 1.807) is 12.3 Å². The molecule has 4 aliphatic carbocycles. The third-order valence-electron chi connectivity index (χ3n) is 12.9. The van der Waals surface area contributed by atoms with Gasteiger partial charge in [0, 0.05) is 71.7 Å². The Morgan fingerprint density at radius 2 is 1.07 bits per heavy atom. The third-order valence-corrected chi connectivity index (χ3v) is 12.9. The van der Waals surface area contributed by atoms with Crippen molar-refractivity contribution >= 4 is 33.2 Å². The summed E-state index contributed by atoms with van der Waals surface area (Å²) in [6.45, 7) is 6.96. The van der Waals surface area contributed by atoms with Crippen molar-refractivity contribution in [2.24, 2.45) is 0 Å². The van der Waals surface area contributed by atoms with E-state index in [1.165, 1.54) is 60.9 Å². The quantitative estimate of drug-likeness (QED) is 0.174. The zero-order valence-corrected chi connectivity index (χ0v) is 33.8.